The number of carbonyl (C=O) groups excluding carboxylic acids is 1. The van der Waals surface area contributed by atoms with Gasteiger partial charge in [0.25, 0.3) is 0 Å². The number of phenols is 1. The minimum absolute atomic E-state index is 0.0410. The molecule has 0 fully saturated rings. The summed E-state index contributed by atoms with van der Waals surface area (Å²) in [4.78, 5) is 30.8. The second-order valence-electron chi connectivity index (χ2n) is 9.56. The van der Waals surface area contributed by atoms with Gasteiger partial charge in [-0.15, -0.1) is 0 Å². The van der Waals surface area contributed by atoms with Crippen molar-refractivity contribution in [1.82, 2.24) is 10.3 Å². The van der Waals surface area contributed by atoms with Crippen LogP contribution < -0.4 is 20.2 Å². The molecule has 0 bridgehead atoms. The quantitative estimate of drug-likeness (QED) is 0.281. The molecule has 3 heterocycles. The number of rotatable bonds is 7. The van der Waals surface area contributed by atoms with Gasteiger partial charge in [0.1, 0.15) is 34.0 Å². The van der Waals surface area contributed by atoms with Crippen molar-refractivity contribution in [2.45, 2.75) is 18.8 Å². The number of pyridine rings is 1. The third-order valence-corrected chi connectivity index (χ3v) is 7.06. The van der Waals surface area contributed by atoms with Gasteiger partial charge in [-0.3, -0.25) is 9.59 Å². The maximum absolute atomic E-state index is 13.2. The van der Waals surface area contributed by atoms with Crippen molar-refractivity contribution in [2.75, 3.05) is 13.7 Å². The highest BCUT2D eigenvalue weighted by atomic mass is 16.5. The van der Waals surface area contributed by atoms with Crippen molar-refractivity contribution in [3.8, 4) is 34.5 Å². The highest BCUT2D eigenvalue weighted by molar-refractivity contribution is 5.91. The van der Waals surface area contributed by atoms with Crippen LogP contribution in [0.1, 0.15) is 29.0 Å². The lowest BCUT2D eigenvalue weighted by Crippen LogP contribution is -2.28. The third kappa shape index (κ3) is 4.75. The standard InChI is InChI=1S/C32H26N2O6/c1-38-21-11-9-19(10-12-21)13-15-33-28(37)16-23-22-8-5-14-34-32(22)40-27-18-25(36)30-24(35)17-26(39-31(30)29(23)27)20-6-3-2-4-7-20/h2-12,14,17-18,23,36H,13,15-16H2,1H3,(H,33,37). The highest BCUT2D eigenvalue weighted by Gasteiger charge is 2.34. The fraction of sp³-hybridized carbons (Fsp3) is 0.156. The summed E-state index contributed by atoms with van der Waals surface area (Å²) in [7, 11) is 1.62. The van der Waals surface area contributed by atoms with Gasteiger partial charge >= 0.3 is 0 Å². The van der Waals surface area contributed by atoms with E-state index in [-0.39, 0.29) is 34.5 Å². The number of nitrogens with one attached hydrogen (secondary N) is 1. The first-order chi connectivity index (χ1) is 19.5. The van der Waals surface area contributed by atoms with Gasteiger partial charge in [0.05, 0.1) is 7.11 Å². The van der Waals surface area contributed by atoms with Crippen LogP contribution in [0.4, 0.5) is 0 Å². The number of ether oxygens (including phenoxy) is 2. The minimum atomic E-state index is -0.522. The molecular formula is C32H26N2O6. The summed E-state index contributed by atoms with van der Waals surface area (Å²) in [5, 5.41) is 13.8. The molecule has 1 amide bonds. The SMILES string of the molecule is COc1ccc(CCNC(=O)CC2c3cccnc3Oc3cc(O)c4c(=O)cc(-c5ccccc5)oc4c32)cc1. The molecule has 200 valence electrons. The zero-order valence-electron chi connectivity index (χ0n) is 21.7. The summed E-state index contributed by atoms with van der Waals surface area (Å²) in [6.07, 6.45) is 2.32. The number of benzene rings is 3. The summed E-state index contributed by atoms with van der Waals surface area (Å²) in [5.41, 5.74) is 2.80. The molecule has 2 aromatic heterocycles. The first kappa shape index (κ1) is 25.2. The molecule has 1 unspecified atom stereocenters. The van der Waals surface area contributed by atoms with Gasteiger partial charge < -0.3 is 24.3 Å². The molecule has 1 aliphatic rings. The summed E-state index contributed by atoms with van der Waals surface area (Å²) >= 11 is 0. The Labute approximate surface area is 229 Å². The highest BCUT2D eigenvalue weighted by Crippen LogP contribution is 2.49. The van der Waals surface area contributed by atoms with E-state index in [1.807, 2.05) is 60.7 Å². The maximum Gasteiger partial charge on any atom is 0.223 e. The Kier molecular flexibility index (Phi) is 6.66. The average Bonchev–Trinajstić information content (AvgIpc) is 2.97. The lowest BCUT2D eigenvalue weighted by Gasteiger charge is -2.28. The Morgan fingerprint density at radius 1 is 1.05 bits per heavy atom. The Balaban J connectivity index is 1.36. The fourth-order valence-electron chi connectivity index (χ4n) is 5.09. The van der Waals surface area contributed by atoms with Gasteiger partial charge in [0.2, 0.25) is 11.8 Å². The first-order valence-corrected chi connectivity index (χ1v) is 12.9. The molecule has 8 heteroatoms. The fourth-order valence-corrected chi connectivity index (χ4v) is 5.09. The molecule has 3 aromatic carbocycles. The van der Waals surface area contributed by atoms with Crippen molar-refractivity contribution < 1.29 is 23.8 Å². The summed E-state index contributed by atoms with van der Waals surface area (Å²) in [5.74, 6) is 0.801. The maximum atomic E-state index is 13.2. The number of methoxy groups -OCH3 is 1. The normalized spacial score (nSPS) is 13.7. The minimum Gasteiger partial charge on any atom is -0.507 e. The Hall–Kier alpha value is -5.11. The number of carbonyl (C=O) groups is 1. The van der Waals surface area contributed by atoms with Gasteiger partial charge in [0, 0.05) is 53.9 Å². The van der Waals surface area contributed by atoms with Crippen molar-refractivity contribution in [3.63, 3.8) is 0 Å². The monoisotopic (exact) mass is 534 g/mol. The molecule has 1 atom stereocenters. The van der Waals surface area contributed by atoms with Crippen molar-refractivity contribution >= 4 is 16.9 Å². The molecule has 0 aliphatic carbocycles. The van der Waals surface area contributed by atoms with E-state index in [1.54, 1.807) is 19.4 Å². The van der Waals surface area contributed by atoms with Gasteiger partial charge in [-0.1, -0.05) is 48.5 Å². The molecule has 0 saturated carbocycles. The molecule has 2 N–H and O–H groups in total. The molecule has 8 nitrogen and oxygen atoms in total. The van der Waals surface area contributed by atoms with Crippen LogP contribution in [0.5, 0.6) is 23.1 Å². The number of phenolic OH excluding ortho intramolecular Hbond substituents is 1. The number of nitrogens with zero attached hydrogens (tertiary/aromatic N) is 1. The van der Waals surface area contributed by atoms with Crippen LogP contribution in [-0.4, -0.2) is 29.7 Å². The molecule has 0 saturated heterocycles. The molecule has 40 heavy (non-hydrogen) atoms. The van der Waals surface area contributed by atoms with E-state index in [0.717, 1.165) is 11.3 Å². The Morgan fingerprint density at radius 3 is 2.62 bits per heavy atom. The molecule has 0 spiro atoms. The van der Waals surface area contributed by atoms with Gasteiger partial charge in [-0.25, -0.2) is 4.98 Å². The predicted octanol–water partition coefficient (Wildman–Crippen LogP) is 5.56. The lowest BCUT2D eigenvalue weighted by atomic mass is 9.85. The van der Waals surface area contributed by atoms with Crippen molar-refractivity contribution in [2.24, 2.45) is 0 Å². The van der Waals surface area contributed by atoms with E-state index in [2.05, 4.69) is 10.3 Å². The Bertz CT molecular complexity index is 1760. The van der Waals surface area contributed by atoms with Crippen LogP contribution in [0.2, 0.25) is 0 Å². The smallest absolute Gasteiger partial charge is 0.223 e. The molecular weight excluding hydrogens is 508 g/mol. The van der Waals surface area contributed by atoms with Crippen molar-refractivity contribution in [1.29, 1.82) is 0 Å². The zero-order valence-corrected chi connectivity index (χ0v) is 21.7. The average molecular weight is 535 g/mol. The summed E-state index contributed by atoms with van der Waals surface area (Å²) in [6, 6.07) is 23.3. The summed E-state index contributed by atoms with van der Waals surface area (Å²) < 4.78 is 17.5. The number of hydrogen-bond acceptors (Lipinski definition) is 7. The van der Waals surface area contributed by atoms with E-state index < -0.39 is 5.92 Å². The zero-order chi connectivity index (χ0) is 27.6. The van der Waals surface area contributed by atoms with Crippen LogP contribution in [0, 0.1) is 0 Å². The number of amides is 1. The molecule has 1 aliphatic heterocycles. The molecule has 0 radical (unpaired) electrons. The number of hydrogen-bond donors (Lipinski definition) is 2. The topological polar surface area (TPSA) is 111 Å². The third-order valence-electron chi connectivity index (χ3n) is 7.06. The van der Waals surface area contributed by atoms with Crippen LogP contribution in [0.25, 0.3) is 22.3 Å². The van der Waals surface area contributed by atoms with Crippen molar-refractivity contribution in [3.05, 3.63) is 112 Å². The second-order valence-corrected chi connectivity index (χ2v) is 9.56. The van der Waals surface area contributed by atoms with Crippen LogP contribution in [-0.2, 0) is 11.2 Å². The second kappa shape index (κ2) is 10.6. The Morgan fingerprint density at radius 2 is 1.85 bits per heavy atom. The van der Waals surface area contributed by atoms with E-state index in [4.69, 9.17) is 13.9 Å². The van der Waals surface area contributed by atoms with E-state index in [1.165, 1.54) is 12.1 Å². The lowest BCUT2D eigenvalue weighted by molar-refractivity contribution is -0.121. The first-order valence-electron chi connectivity index (χ1n) is 12.9. The van der Waals surface area contributed by atoms with Crippen LogP contribution >= 0.6 is 0 Å². The van der Waals surface area contributed by atoms with E-state index in [9.17, 15) is 14.7 Å². The van der Waals surface area contributed by atoms with Gasteiger partial charge in [-0.2, -0.15) is 0 Å². The number of aromatic hydroxyl groups is 1. The van der Waals surface area contributed by atoms with E-state index in [0.29, 0.717) is 47.0 Å². The van der Waals surface area contributed by atoms with E-state index >= 15 is 0 Å². The van der Waals surface area contributed by atoms with Crippen LogP contribution in [0.3, 0.4) is 0 Å². The van der Waals surface area contributed by atoms with Crippen LogP contribution in [0.15, 0.2) is 94.3 Å². The number of aromatic nitrogens is 1. The molecule has 6 rings (SSSR count). The largest absolute Gasteiger partial charge is 0.507 e. The number of fused-ring (bicyclic) bond motifs is 4. The predicted molar refractivity (Wildman–Crippen MR) is 150 cm³/mol. The summed E-state index contributed by atoms with van der Waals surface area (Å²) in [6.45, 7) is 0.449. The van der Waals surface area contributed by atoms with Gasteiger partial charge in [-0.05, 0) is 30.2 Å². The van der Waals surface area contributed by atoms with Gasteiger partial charge in [0.15, 0.2) is 5.43 Å². The molecule has 5 aromatic rings.